The smallest absolute Gasteiger partial charge is 0.462 e. The molecule has 0 aliphatic carbocycles. The molecule has 548 valence electrons. The van der Waals surface area contributed by atoms with Gasteiger partial charge in [0.15, 0.2) is 6.10 Å². The number of nitrogens with two attached hydrogens (primary N) is 1. The van der Waals surface area contributed by atoms with Crippen LogP contribution in [0.15, 0.2) is 194 Å². The van der Waals surface area contributed by atoms with E-state index in [0.717, 1.165) is 141 Å². The molecule has 0 amide bonds. The molecular weight excluding hydrogens is 1220 g/mol. The Bertz CT molecular complexity index is 2300. The van der Waals surface area contributed by atoms with Crippen molar-refractivity contribution in [1.82, 2.24) is 0 Å². The topological polar surface area (TPSA) is 134 Å². The number of rotatable bonds is 71. The van der Waals surface area contributed by atoms with E-state index in [1.54, 1.807) is 0 Å². The van der Waals surface area contributed by atoms with Gasteiger partial charge in [0, 0.05) is 19.4 Å². The molecule has 2 atom stereocenters. The first-order chi connectivity index (χ1) is 47.8. The number of carbonyl (C=O) groups excluding carboxylic acids is 2. The van der Waals surface area contributed by atoms with Crippen LogP contribution in [0.25, 0.3) is 0 Å². The van der Waals surface area contributed by atoms with Crippen LogP contribution in [-0.2, 0) is 32.7 Å². The maximum absolute atomic E-state index is 12.8. The van der Waals surface area contributed by atoms with Gasteiger partial charge in [-0.05, 0) is 141 Å². The van der Waals surface area contributed by atoms with Crippen molar-refractivity contribution in [2.45, 2.75) is 315 Å². The van der Waals surface area contributed by atoms with E-state index in [1.165, 1.54) is 135 Å². The molecule has 0 aromatic heterocycles. The Hall–Kier alpha value is -5.15. The van der Waals surface area contributed by atoms with Crippen LogP contribution in [0.5, 0.6) is 0 Å². The van der Waals surface area contributed by atoms with Gasteiger partial charge in [-0.3, -0.25) is 18.6 Å². The molecule has 3 N–H and O–H groups in total. The van der Waals surface area contributed by atoms with Crippen LogP contribution in [0, 0.1) is 0 Å². The van der Waals surface area contributed by atoms with Crippen LogP contribution < -0.4 is 5.73 Å². The third-order valence-electron chi connectivity index (χ3n) is 16.0. The second-order valence-electron chi connectivity index (χ2n) is 25.1. The van der Waals surface area contributed by atoms with Crippen molar-refractivity contribution >= 4 is 19.8 Å². The van der Waals surface area contributed by atoms with Crippen molar-refractivity contribution in [2.75, 3.05) is 26.4 Å². The summed E-state index contributed by atoms with van der Waals surface area (Å²) in [5.41, 5.74) is 5.41. The lowest BCUT2D eigenvalue weighted by atomic mass is 10.0. The van der Waals surface area contributed by atoms with E-state index in [0.29, 0.717) is 6.42 Å². The SMILES string of the molecule is CC/C=C\C/C=C\C/C=C\C/C=C\C/C=C\C/C=C\C/C=C\C/C=C\C/C=C\C/C=C\C/C=C\CCCCCC(=O)OC(COC(=O)CCCCCCCCCCCCCCCCCCCCCCCCC/C=C\C/C=C\C/C=C\C/C=C\C/C=C\CC)COP(=O)(O)OCCN. The quantitative estimate of drug-likeness (QED) is 0.0264. The van der Waals surface area contributed by atoms with E-state index in [2.05, 4.69) is 208 Å². The van der Waals surface area contributed by atoms with Crippen molar-refractivity contribution < 1.29 is 37.6 Å². The van der Waals surface area contributed by atoms with Crippen molar-refractivity contribution in [2.24, 2.45) is 5.73 Å². The van der Waals surface area contributed by atoms with Gasteiger partial charge in [-0.1, -0.05) is 350 Å². The first-order valence-corrected chi connectivity index (χ1v) is 40.4. The largest absolute Gasteiger partial charge is 0.472 e. The van der Waals surface area contributed by atoms with Gasteiger partial charge in [0.1, 0.15) is 6.61 Å². The predicted molar refractivity (Wildman–Crippen MR) is 422 cm³/mol. The Morgan fingerprint density at radius 2 is 0.536 bits per heavy atom. The number of phosphoric acid groups is 1. The summed E-state index contributed by atoms with van der Waals surface area (Å²) < 4.78 is 33.2. The van der Waals surface area contributed by atoms with Gasteiger partial charge < -0.3 is 20.1 Å². The first-order valence-electron chi connectivity index (χ1n) is 38.9. The zero-order valence-corrected chi connectivity index (χ0v) is 62.6. The van der Waals surface area contributed by atoms with E-state index in [4.69, 9.17) is 24.3 Å². The van der Waals surface area contributed by atoms with Crippen LogP contribution in [-0.4, -0.2) is 49.3 Å². The second-order valence-corrected chi connectivity index (χ2v) is 26.6. The Balaban J connectivity index is 3.93. The molecule has 2 unspecified atom stereocenters. The fourth-order valence-corrected chi connectivity index (χ4v) is 11.1. The minimum Gasteiger partial charge on any atom is -0.462 e. The summed E-state index contributed by atoms with van der Waals surface area (Å²) in [6.45, 7) is 3.48. The highest BCUT2D eigenvalue weighted by Crippen LogP contribution is 2.43. The maximum Gasteiger partial charge on any atom is 0.472 e. The molecule has 0 fully saturated rings. The maximum atomic E-state index is 12.8. The molecule has 0 rings (SSSR count). The normalized spacial score (nSPS) is 14.0. The van der Waals surface area contributed by atoms with Gasteiger partial charge in [0.2, 0.25) is 0 Å². The molecule has 10 heteroatoms. The van der Waals surface area contributed by atoms with Crippen molar-refractivity contribution in [3.63, 3.8) is 0 Å². The Labute approximate surface area is 596 Å². The lowest BCUT2D eigenvalue weighted by Crippen LogP contribution is -2.29. The standard InChI is InChI=1S/C87H142NO8P/c1-3-5-7-9-11-13-15-17-19-21-23-25-27-29-31-33-35-37-39-41-42-44-45-47-49-51-53-55-57-59-61-63-65-67-69-71-73-75-77-79-86(89)93-83-85(84-95-97(91,92)94-82-81-88)96-87(90)80-78-76-74-72-70-68-66-64-62-60-58-56-54-52-50-48-46-43-40-38-36-34-32-30-28-26-24-22-20-18-16-14-12-10-8-6-4-2/h5-8,11-14,17-20,23-26,29-32,36,38,43,46,50,52,56,58,62,64,68,70,85H,3-4,9-10,15-16,21-22,27-28,33-35,37,39-42,44-45,47-49,51,53-55,57,59-61,63,65-67,69,71-84,88H2,1-2H3,(H,91,92)/b7-5-,8-6-,13-11-,14-12-,19-17-,20-18-,25-23-,26-24-,31-29-,32-30-,38-36-,46-43-,52-50-,58-56-,64-62-,70-68-. The van der Waals surface area contributed by atoms with Gasteiger partial charge in [0.25, 0.3) is 0 Å². The third-order valence-corrected chi connectivity index (χ3v) is 17.0. The average molecular weight is 1360 g/mol. The highest BCUT2D eigenvalue weighted by molar-refractivity contribution is 7.47. The molecule has 9 nitrogen and oxygen atoms in total. The van der Waals surface area contributed by atoms with Crippen molar-refractivity contribution in [3.05, 3.63) is 194 Å². The van der Waals surface area contributed by atoms with E-state index in [-0.39, 0.29) is 32.6 Å². The zero-order chi connectivity index (χ0) is 70.0. The Morgan fingerprint density at radius 3 is 0.804 bits per heavy atom. The number of esters is 2. The number of unbranched alkanes of at least 4 members (excludes halogenated alkanes) is 26. The summed E-state index contributed by atoms with van der Waals surface area (Å²) in [7, 11) is -4.42. The number of ether oxygens (including phenoxy) is 2. The molecule has 0 saturated heterocycles. The minimum atomic E-state index is -4.42. The van der Waals surface area contributed by atoms with Crippen LogP contribution >= 0.6 is 7.82 Å². The van der Waals surface area contributed by atoms with Gasteiger partial charge in [0.05, 0.1) is 13.2 Å². The number of allylic oxidation sites excluding steroid dienone is 32. The first kappa shape index (κ1) is 91.8. The number of phosphoric ester groups is 1. The minimum absolute atomic E-state index is 0.0395. The van der Waals surface area contributed by atoms with Gasteiger partial charge in [-0.2, -0.15) is 0 Å². The molecule has 0 saturated carbocycles. The fraction of sp³-hybridized carbons (Fsp3) is 0.609. The average Bonchev–Trinajstić information content (AvgIpc) is 2.17. The summed E-state index contributed by atoms with van der Waals surface area (Å²) in [6.07, 6.45) is 121. The molecule has 0 radical (unpaired) electrons. The predicted octanol–water partition coefficient (Wildman–Crippen LogP) is 26.4. The Kier molecular flexibility index (Phi) is 75.6. The van der Waals surface area contributed by atoms with E-state index in [9.17, 15) is 19.0 Å². The van der Waals surface area contributed by atoms with E-state index in [1.807, 2.05) is 0 Å². The summed E-state index contributed by atoms with van der Waals surface area (Å²) in [6, 6.07) is 0. The molecule has 0 aliphatic heterocycles. The van der Waals surface area contributed by atoms with E-state index >= 15 is 0 Å². The number of carbonyl (C=O) groups is 2. The van der Waals surface area contributed by atoms with Crippen molar-refractivity contribution in [1.29, 1.82) is 0 Å². The highest BCUT2D eigenvalue weighted by atomic mass is 31.2. The van der Waals surface area contributed by atoms with Crippen molar-refractivity contribution in [3.8, 4) is 0 Å². The van der Waals surface area contributed by atoms with Gasteiger partial charge in [-0.15, -0.1) is 0 Å². The molecule has 97 heavy (non-hydrogen) atoms. The molecule has 0 aliphatic rings. The summed E-state index contributed by atoms with van der Waals surface area (Å²) >= 11 is 0. The highest BCUT2D eigenvalue weighted by Gasteiger charge is 2.26. The molecule has 0 spiro atoms. The van der Waals surface area contributed by atoms with Crippen LogP contribution in [0.2, 0.25) is 0 Å². The monoisotopic (exact) mass is 1360 g/mol. The molecule has 0 aromatic rings. The molecule has 0 aromatic carbocycles. The van der Waals surface area contributed by atoms with E-state index < -0.39 is 32.5 Å². The molecule has 0 heterocycles. The number of hydrogen-bond donors (Lipinski definition) is 2. The third kappa shape index (κ3) is 79.7. The van der Waals surface area contributed by atoms with Gasteiger partial charge >= 0.3 is 19.8 Å². The molecular formula is C87H142NO8P. The zero-order valence-electron chi connectivity index (χ0n) is 61.7. The van der Waals surface area contributed by atoms with Gasteiger partial charge in [-0.25, -0.2) is 4.57 Å². The fourth-order valence-electron chi connectivity index (χ4n) is 10.3. The second kappa shape index (κ2) is 79.8. The lowest BCUT2D eigenvalue weighted by molar-refractivity contribution is -0.161. The lowest BCUT2D eigenvalue weighted by Gasteiger charge is -2.19. The summed E-state index contributed by atoms with van der Waals surface area (Å²) in [5.74, 6) is -0.869. The summed E-state index contributed by atoms with van der Waals surface area (Å²) in [4.78, 5) is 35.4. The Morgan fingerprint density at radius 1 is 0.309 bits per heavy atom. The summed E-state index contributed by atoms with van der Waals surface area (Å²) in [5, 5.41) is 0. The van der Waals surface area contributed by atoms with Crippen LogP contribution in [0.4, 0.5) is 0 Å². The van der Waals surface area contributed by atoms with Crippen LogP contribution in [0.1, 0.15) is 309 Å². The molecule has 0 bridgehead atoms. The number of hydrogen-bond acceptors (Lipinski definition) is 8. The van der Waals surface area contributed by atoms with Crippen LogP contribution in [0.3, 0.4) is 0 Å².